The number of nitrogens with one attached hydrogen (secondary N) is 2. The maximum absolute atomic E-state index is 11.7. The lowest BCUT2D eigenvalue weighted by Gasteiger charge is -2.14. The summed E-state index contributed by atoms with van der Waals surface area (Å²) in [4.78, 5) is 11.7. The molecule has 0 bridgehead atoms. The van der Waals surface area contributed by atoms with Crippen molar-refractivity contribution in [3.8, 4) is 5.75 Å². The standard InChI is InChI=1S/C15H20N2O3/c18-15(16-9-12-5-3-7-19-12)17-10-13-8-11-4-1-2-6-14(11)20-13/h1-2,4,6,12-13H,3,5,7-10H2,(H2,16,17,18)/t12-,13-/m0/s1. The average Bonchev–Trinajstić information content (AvgIpc) is 3.11. The van der Waals surface area contributed by atoms with Crippen molar-refractivity contribution in [3.05, 3.63) is 29.8 Å². The summed E-state index contributed by atoms with van der Waals surface area (Å²) in [5, 5.41) is 5.69. The number of ether oxygens (including phenoxy) is 2. The quantitative estimate of drug-likeness (QED) is 0.875. The second-order valence-electron chi connectivity index (χ2n) is 5.28. The third-order valence-electron chi connectivity index (χ3n) is 3.72. The lowest BCUT2D eigenvalue weighted by molar-refractivity contribution is 0.111. The van der Waals surface area contributed by atoms with Crippen molar-refractivity contribution in [1.29, 1.82) is 0 Å². The minimum Gasteiger partial charge on any atom is -0.488 e. The highest BCUT2D eigenvalue weighted by Gasteiger charge is 2.23. The molecular weight excluding hydrogens is 256 g/mol. The highest BCUT2D eigenvalue weighted by atomic mass is 16.5. The van der Waals surface area contributed by atoms with Gasteiger partial charge in [-0.05, 0) is 24.5 Å². The molecule has 1 fully saturated rings. The minimum absolute atomic E-state index is 0.0286. The number of amides is 2. The van der Waals surface area contributed by atoms with Crippen LogP contribution in [0.4, 0.5) is 4.79 Å². The first-order valence-electron chi connectivity index (χ1n) is 7.19. The van der Waals surface area contributed by atoms with Gasteiger partial charge in [0.2, 0.25) is 0 Å². The monoisotopic (exact) mass is 276 g/mol. The average molecular weight is 276 g/mol. The van der Waals surface area contributed by atoms with Crippen LogP contribution in [0.1, 0.15) is 18.4 Å². The molecule has 1 saturated heterocycles. The maximum atomic E-state index is 11.7. The lowest BCUT2D eigenvalue weighted by atomic mass is 10.1. The fourth-order valence-corrected chi connectivity index (χ4v) is 2.65. The van der Waals surface area contributed by atoms with Gasteiger partial charge in [-0.1, -0.05) is 18.2 Å². The summed E-state index contributed by atoms with van der Waals surface area (Å²) >= 11 is 0. The molecule has 0 saturated carbocycles. The van der Waals surface area contributed by atoms with Gasteiger partial charge in [0.05, 0.1) is 12.6 Å². The molecular formula is C15H20N2O3. The second kappa shape index (κ2) is 6.13. The highest BCUT2D eigenvalue weighted by molar-refractivity contribution is 5.73. The van der Waals surface area contributed by atoms with Crippen LogP contribution in [0.2, 0.25) is 0 Å². The van der Waals surface area contributed by atoms with Crippen molar-refractivity contribution in [2.75, 3.05) is 19.7 Å². The Bertz CT molecular complexity index is 447. The van der Waals surface area contributed by atoms with Crippen LogP contribution in [0.5, 0.6) is 5.75 Å². The van der Waals surface area contributed by atoms with Gasteiger partial charge in [-0.15, -0.1) is 0 Å². The van der Waals surface area contributed by atoms with Crippen LogP contribution in [-0.2, 0) is 11.2 Å². The molecule has 0 spiro atoms. The van der Waals surface area contributed by atoms with Gasteiger partial charge < -0.3 is 20.1 Å². The molecule has 108 valence electrons. The van der Waals surface area contributed by atoms with Gasteiger partial charge in [0.25, 0.3) is 0 Å². The van der Waals surface area contributed by atoms with E-state index in [2.05, 4.69) is 16.7 Å². The van der Waals surface area contributed by atoms with Gasteiger partial charge in [0.15, 0.2) is 0 Å². The zero-order valence-corrected chi connectivity index (χ0v) is 11.4. The molecule has 1 aromatic rings. The molecule has 2 aliphatic heterocycles. The molecule has 2 heterocycles. The van der Waals surface area contributed by atoms with E-state index in [-0.39, 0.29) is 18.2 Å². The predicted octanol–water partition coefficient (Wildman–Crippen LogP) is 1.47. The third-order valence-corrected chi connectivity index (χ3v) is 3.72. The molecule has 1 aromatic carbocycles. The maximum Gasteiger partial charge on any atom is 0.315 e. The van der Waals surface area contributed by atoms with Crippen LogP contribution in [0, 0.1) is 0 Å². The number of carbonyl (C=O) groups excluding carboxylic acids is 1. The Hall–Kier alpha value is -1.75. The van der Waals surface area contributed by atoms with Crippen LogP contribution in [0.15, 0.2) is 24.3 Å². The molecule has 5 nitrogen and oxygen atoms in total. The molecule has 2 aliphatic rings. The topological polar surface area (TPSA) is 59.6 Å². The lowest BCUT2D eigenvalue weighted by Crippen LogP contribution is -2.43. The number of hydrogen-bond donors (Lipinski definition) is 2. The Morgan fingerprint density at radius 3 is 2.75 bits per heavy atom. The fourth-order valence-electron chi connectivity index (χ4n) is 2.65. The van der Waals surface area contributed by atoms with Crippen molar-refractivity contribution >= 4 is 6.03 Å². The summed E-state index contributed by atoms with van der Waals surface area (Å²) in [5.41, 5.74) is 1.21. The van der Waals surface area contributed by atoms with E-state index in [0.717, 1.165) is 31.6 Å². The molecule has 0 aromatic heterocycles. The highest BCUT2D eigenvalue weighted by Crippen LogP contribution is 2.27. The van der Waals surface area contributed by atoms with E-state index < -0.39 is 0 Å². The van der Waals surface area contributed by atoms with Crippen molar-refractivity contribution < 1.29 is 14.3 Å². The zero-order chi connectivity index (χ0) is 13.8. The predicted molar refractivity (Wildman–Crippen MR) is 74.9 cm³/mol. The summed E-state index contributed by atoms with van der Waals surface area (Å²) in [6.45, 7) is 1.91. The summed E-state index contributed by atoms with van der Waals surface area (Å²) < 4.78 is 11.2. The molecule has 3 rings (SSSR count). The summed E-state index contributed by atoms with van der Waals surface area (Å²) in [6, 6.07) is 7.84. The van der Waals surface area contributed by atoms with Crippen molar-refractivity contribution in [2.45, 2.75) is 31.5 Å². The number of urea groups is 1. The first-order valence-corrected chi connectivity index (χ1v) is 7.19. The van der Waals surface area contributed by atoms with Gasteiger partial charge >= 0.3 is 6.03 Å². The third kappa shape index (κ3) is 3.22. The molecule has 5 heteroatoms. The Balaban J connectivity index is 1.36. The Kier molecular flexibility index (Phi) is 4.06. The first kappa shape index (κ1) is 13.2. The van der Waals surface area contributed by atoms with E-state index in [4.69, 9.17) is 9.47 Å². The molecule has 2 atom stereocenters. The van der Waals surface area contributed by atoms with Crippen LogP contribution in [0.25, 0.3) is 0 Å². The number of para-hydroxylation sites is 1. The fraction of sp³-hybridized carbons (Fsp3) is 0.533. The Morgan fingerprint density at radius 1 is 1.20 bits per heavy atom. The summed E-state index contributed by atoms with van der Waals surface area (Å²) in [6.07, 6.45) is 3.17. The van der Waals surface area contributed by atoms with E-state index in [1.54, 1.807) is 0 Å². The van der Waals surface area contributed by atoms with Gasteiger partial charge in [-0.3, -0.25) is 0 Å². The molecule has 2 N–H and O–H groups in total. The summed E-state index contributed by atoms with van der Waals surface area (Å²) in [7, 11) is 0. The van der Waals surface area contributed by atoms with Crippen LogP contribution < -0.4 is 15.4 Å². The molecule has 0 aliphatic carbocycles. The van der Waals surface area contributed by atoms with Gasteiger partial charge in [0, 0.05) is 19.6 Å². The van der Waals surface area contributed by atoms with Crippen molar-refractivity contribution in [2.24, 2.45) is 0 Å². The number of fused-ring (bicyclic) bond motifs is 1. The van der Waals surface area contributed by atoms with E-state index in [1.807, 2.05) is 18.2 Å². The van der Waals surface area contributed by atoms with E-state index in [9.17, 15) is 4.79 Å². The van der Waals surface area contributed by atoms with Gasteiger partial charge in [0.1, 0.15) is 11.9 Å². The summed E-state index contributed by atoms with van der Waals surface area (Å²) in [5.74, 6) is 0.930. The largest absolute Gasteiger partial charge is 0.488 e. The second-order valence-corrected chi connectivity index (χ2v) is 5.28. The Labute approximate surface area is 118 Å². The van der Waals surface area contributed by atoms with Gasteiger partial charge in [-0.25, -0.2) is 4.79 Å². The van der Waals surface area contributed by atoms with Crippen LogP contribution >= 0.6 is 0 Å². The smallest absolute Gasteiger partial charge is 0.315 e. The molecule has 0 radical (unpaired) electrons. The number of hydrogen-bond acceptors (Lipinski definition) is 3. The van der Waals surface area contributed by atoms with Crippen molar-refractivity contribution in [3.63, 3.8) is 0 Å². The number of benzene rings is 1. The molecule has 0 unspecified atom stereocenters. The van der Waals surface area contributed by atoms with E-state index >= 15 is 0 Å². The van der Waals surface area contributed by atoms with Crippen LogP contribution in [0.3, 0.4) is 0 Å². The normalized spacial score (nSPS) is 24.0. The number of rotatable bonds is 4. The van der Waals surface area contributed by atoms with Gasteiger partial charge in [-0.2, -0.15) is 0 Å². The molecule has 2 amide bonds. The number of carbonyl (C=O) groups is 1. The first-order chi connectivity index (χ1) is 9.81. The SMILES string of the molecule is O=C(NC[C@@H]1CCCO1)NC[C@@H]1Cc2ccccc2O1. The minimum atomic E-state index is -0.153. The van der Waals surface area contributed by atoms with Crippen LogP contribution in [-0.4, -0.2) is 37.9 Å². The molecule has 20 heavy (non-hydrogen) atoms. The Morgan fingerprint density at radius 2 is 2.00 bits per heavy atom. The van der Waals surface area contributed by atoms with E-state index in [1.165, 1.54) is 5.56 Å². The van der Waals surface area contributed by atoms with E-state index in [0.29, 0.717) is 13.1 Å². The zero-order valence-electron chi connectivity index (χ0n) is 11.4. The van der Waals surface area contributed by atoms with Crippen molar-refractivity contribution in [1.82, 2.24) is 10.6 Å².